The van der Waals surface area contributed by atoms with E-state index < -0.39 is 11.6 Å². The zero-order chi connectivity index (χ0) is 23.8. The van der Waals surface area contributed by atoms with Crippen LogP contribution in [0, 0.1) is 18.6 Å². The Balaban J connectivity index is 0.00000180. The first-order valence-electron chi connectivity index (χ1n) is 11.6. The fraction of sp³-hybridized carbons (Fsp3) is 0.333. The summed E-state index contributed by atoms with van der Waals surface area (Å²) < 4.78 is 34.9. The number of ether oxygens (including phenoxy) is 1. The van der Waals surface area contributed by atoms with Crippen LogP contribution >= 0.6 is 0 Å². The number of methoxy groups -OCH3 is 1. The van der Waals surface area contributed by atoms with Crippen LogP contribution in [0.1, 0.15) is 55.0 Å². The van der Waals surface area contributed by atoms with E-state index in [0.29, 0.717) is 17.7 Å². The minimum absolute atomic E-state index is 0. The van der Waals surface area contributed by atoms with Gasteiger partial charge in [-0.25, -0.2) is 13.8 Å². The number of halogens is 2. The number of aromatic nitrogens is 2. The standard InChI is InChI=1S/C27H27F2N3O2.Li.H2O/c1-17-15-31(16-30-17)25-10-6-18(13-26(25)34-2)12-20-4-3-5-21-8-11-24(32(21)27(20)33)19-7-9-22(28)23(29)14-19;;/h6-7,9-10,12-16,21,24H,3-5,8,11H2,1-2H3;;1H2/q;+1;/p-1/b20-12+;;/t21-,24-;;/m0../s1. The summed E-state index contributed by atoms with van der Waals surface area (Å²) in [6.07, 6.45) is 9.72. The van der Waals surface area contributed by atoms with Crippen LogP contribution in [0.5, 0.6) is 5.75 Å². The Morgan fingerprint density at radius 2 is 1.89 bits per heavy atom. The minimum Gasteiger partial charge on any atom is -0.870 e. The molecule has 2 fully saturated rings. The van der Waals surface area contributed by atoms with Crippen molar-refractivity contribution in [3.05, 3.63) is 83.0 Å². The third-order valence-corrected chi connectivity index (χ3v) is 6.86. The number of imidazole rings is 1. The summed E-state index contributed by atoms with van der Waals surface area (Å²) in [4.78, 5) is 19.8. The van der Waals surface area contributed by atoms with E-state index >= 15 is 0 Å². The van der Waals surface area contributed by atoms with E-state index in [4.69, 9.17) is 4.74 Å². The van der Waals surface area contributed by atoms with E-state index in [0.717, 1.165) is 54.3 Å². The van der Waals surface area contributed by atoms with Crippen molar-refractivity contribution >= 4 is 12.0 Å². The van der Waals surface area contributed by atoms with Crippen LogP contribution in [0.25, 0.3) is 11.8 Å². The molecule has 36 heavy (non-hydrogen) atoms. The summed E-state index contributed by atoms with van der Waals surface area (Å²) in [5.41, 5.74) is 4.04. The Morgan fingerprint density at radius 3 is 2.58 bits per heavy atom. The molecule has 2 aliphatic rings. The number of amides is 1. The Bertz CT molecular complexity index is 1280. The van der Waals surface area contributed by atoms with Gasteiger partial charge in [-0.05, 0) is 80.5 Å². The van der Waals surface area contributed by atoms with E-state index in [1.807, 2.05) is 46.9 Å². The molecule has 0 bridgehead atoms. The predicted molar refractivity (Wildman–Crippen MR) is 128 cm³/mol. The molecule has 0 unspecified atom stereocenters. The molecule has 3 aromatic rings. The first kappa shape index (κ1) is 27.7. The molecule has 0 radical (unpaired) electrons. The number of fused-ring (bicyclic) bond motifs is 1. The van der Waals surface area contributed by atoms with E-state index in [-0.39, 0.29) is 42.3 Å². The second-order valence-electron chi connectivity index (χ2n) is 9.05. The average molecular weight is 487 g/mol. The first-order chi connectivity index (χ1) is 16.4. The summed E-state index contributed by atoms with van der Waals surface area (Å²) >= 11 is 0. The topological polar surface area (TPSA) is 77.4 Å². The third kappa shape index (κ3) is 5.26. The fourth-order valence-corrected chi connectivity index (χ4v) is 5.21. The molecule has 1 amide bonds. The summed E-state index contributed by atoms with van der Waals surface area (Å²) in [6.45, 7) is 1.93. The molecule has 2 aromatic carbocycles. The molecule has 2 saturated heterocycles. The first-order valence-corrected chi connectivity index (χ1v) is 11.6. The summed E-state index contributed by atoms with van der Waals surface area (Å²) in [5.74, 6) is -1.09. The quantitative estimate of drug-likeness (QED) is 0.419. The van der Waals surface area contributed by atoms with Gasteiger partial charge in [-0.3, -0.25) is 4.79 Å². The Hall–Kier alpha value is -2.92. The van der Waals surface area contributed by atoms with Crippen molar-refractivity contribution in [2.24, 2.45) is 0 Å². The zero-order valence-corrected chi connectivity index (χ0v) is 20.7. The number of benzene rings is 2. The van der Waals surface area contributed by atoms with Crippen molar-refractivity contribution in [2.75, 3.05) is 7.11 Å². The zero-order valence-electron chi connectivity index (χ0n) is 20.7. The van der Waals surface area contributed by atoms with E-state index in [9.17, 15) is 13.6 Å². The molecule has 9 heteroatoms. The molecule has 0 saturated carbocycles. The van der Waals surface area contributed by atoms with E-state index in [1.165, 1.54) is 6.07 Å². The molecule has 1 N–H and O–H groups in total. The summed E-state index contributed by atoms with van der Waals surface area (Å²) in [6, 6.07) is 9.69. The van der Waals surface area contributed by atoms with Gasteiger partial charge in [0.05, 0.1) is 30.9 Å². The molecule has 2 atom stereocenters. The van der Waals surface area contributed by atoms with Gasteiger partial charge in [0.25, 0.3) is 5.91 Å². The molecule has 0 spiro atoms. The van der Waals surface area contributed by atoms with Crippen LogP contribution in [0.3, 0.4) is 0 Å². The van der Waals surface area contributed by atoms with Gasteiger partial charge in [-0.2, -0.15) is 0 Å². The fourth-order valence-electron chi connectivity index (χ4n) is 5.21. The maximum Gasteiger partial charge on any atom is 1.00 e. The van der Waals surface area contributed by atoms with Crippen LogP contribution < -0.4 is 23.6 Å². The molecule has 0 aliphatic carbocycles. The average Bonchev–Trinajstić information content (AvgIpc) is 3.42. The monoisotopic (exact) mass is 487 g/mol. The van der Waals surface area contributed by atoms with Gasteiger partial charge < -0.3 is 19.7 Å². The largest absolute Gasteiger partial charge is 1.00 e. The minimum atomic E-state index is -0.876. The van der Waals surface area contributed by atoms with Gasteiger partial charge in [0.1, 0.15) is 5.75 Å². The predicted octanol–water partition coefficient (Wildman–Crippen LogP) is 2.59. The number of carbonyl (C=O) groups excluding carboxylic acids is 1. The van der Waals surface area contributed by atoms with Gasteiger partial charge in [0.2, 0.25) is 0 Å². The number of rotatable bonds is 4. The van der Waals surface area contributed by atoms with Crippen molar-refractivity contribution < 1.29 is 42.6 Å². The van der Waals surface area contributed by atoms with Crippen LogP contribution in [0.2, 0.25) is 0 Å². The van der Waals surface area contributed by atoms with Crippen molar-refractivity contribution in [1.82, 2.24) is 14.5 Å². The summed E-state index contributed by atoms with van der Waals surface area (Å²) in [7, 11) is 1.62. The number of hydrogen-bond acceptors (Lipinski definition) is 4. The van der Waals surface area contributed by atoms with E-state index in [1.54, 1.807) is 19.5 Å². The van der Waals surface area contributed by atoms with Crippen molar-refractivity contribution in [1.29, 1.82) is 0 Å². The number of hydrogen-bond donors (Lipinski definition) is 0. The van der Waals surface area contributed by atoms with Crippen LogP contribution in [-0.2, 0) is 4.79 Å². The molecular formula is C27H28F2LiN3O3. The van der Waals surface area contributed by atoms with Crippen LogP contribution in [-0.4, -0.2) is 39.0 Å². The Kier molecular flexibility index (Phi) is 8.78. The van der Waals surface area contributed by atoms with E-state index in [2.05, 4.69) is 4.98 Å². The molecule has 2 aliphatic heterocycles. The number of nitrogens with zero attached hydrogens (tertiary/aromatic N) is 3. The van der Waals surface area contributed by atoms with Gasteiger partial charge in [-0.15, -0.1) is 0 Å². The van der Waals surface area contributed by atoms with Crippen LogP contribution in [0.4, 0.5) is 8.78 Å². The molecule has 3 heterocycles. The van der Waals surface area contributed by atoms with Gasteiger partial charge in [0.15, 0.2) is 11.6 Å². The van der Waals surface area contributed by atoms with Crippen LogP contribution in [0.15, 0.2) is 54.5 Å². The second kappa shape index (κ2) is 11.4. The SMILES string of the molecule is COc1cc(/C=C2\CCC[C@H]3CC[C@@H](c4ccc(F)c(F)c4)N3C2=O)ccc1-n1cnc(C)c1.[Li+].[OH-]. The maximum absolute atomic E-state index is 13.9. The second-order valence-corrected chi connectivity index (χ2v) is 9.05. The Morgan fingerprint density at radius 1 is 1.08 bits per heavy atom. The van der Waals surface area contributed by atoms with Gasteiger partial charge in [0, 0.05) is 17.8 Å². The molecule has 5 rings (SSSR count). The normalized spacial score (nSPS) is 20.4. The van der Waals surface area contributed by atoms with Gasteiger partial charge in [-0.1, -0.05) is 12.1 Å². The molecule has 1 aromatic heterocycles. The van der Waals surface area contributed by atoms with Crippen molar-refractivity contribution in [2.45, 2.75) is 51.1 Å². The smallest absolute Gasteiger partial charge is 0.870 e. The summed E-state index contributed by atoms with van der Waals surface area (Å²) in [5, 5.41) is 0. The maximum atomic E-state index is 13.9. The van der Waals surface area contributed by atoms with Crippen molar-refractivity contribution in [3.8, 4) is 11.4 Å². The molecular weight excluding hydrogens is 459 g/mol. The molecule has 6 nitrogen and oxygen atoms in total. The van der Waals surface area contributed by atoms with Crippen molar-refractivity contribution in [3.63, 3.8) is 0 Å². The van der Waals surface area contributed by atoms with Gasteiger partial charge >= 0.3 is 18.9 Å². The number of carbonyl (C=O) groups is 1. The Labute approximate surface area is 221 Å². The third-order valence-electron chi connectivity index (χ3n) is 6.86. The number of aryl methyl sites for hydroxylation is 1. The molecule has 184 valence electrons.